The number of piperazine rings is 1. The molecule has 4 rings (SSSR count). The van der Waals surface area contributed by atoms with Crippen LogP contribution < -0.4 is 22.5 Å². The Morgan fingerprint density at radius 1 is 1.05 bits per heavy atom. The van der Waals surface area contributed by atoms with Gasteiger partial charge in [0.1, 0.15) is 11.4 Å². The van der Waals surface area contributed by atoms with Crippen molar-refractivity contribution in [3.63, 3.8) is 0 Å². The Morgan fingerprint density at radius 2 is 1.70 bits per heavy atom. The van der Waals surface area contributed by atoms with E-state index in [1.165, 1.54) is 22.0 Å². The lowest BCUT2D eigenvalue weighted by Crippen LogP contribution is -2.60. The number of aliphatic hydroxyl groups excluding tert-OH is 1. The molecule has 1 aromatic carbocycles. The van der Waals surface area contributed by atoms with Crippen LogP contribution in [0.5, 0.6) is 0 Å². The maximum Gasteiger partial charge on any atom is 0.354 e. The number of rotatable bonds is 7. The first-order valence-electron chi connectivity index (χ1n) is 14.0. The maximum atomic E-state index is 12.7. The van der Waals surface area contributed by atoms with Gasteiger partial charge in [0.25, 0.3) is 0 Å². The minimum absolute atomic E-state index is 0.155. The SMILES string of the molecule is C[C@@H]1CCN(CCc2ccc(-n3ccc(NC(=O)N4CCN(C(=O)[C@](C)(N)CO)CC4)nc3=O)cc2)CC[C@H]1N. The van der Waals surface area contributed by atoms with E-state index >= 15 is 0 Å². The lowest BCUT2D eigenvalue weighted by Gasteiger charge is -2.37. The number of nitrogens with two attached hydrogens (primary N) is 2. The predicted octanol–water partition coefficient (Wildman–Crippen LogP) is 0.220. The Labute approximate surface area is 234 Å². The molecule has 218 valence electrons. The summed E-state index contributed by atoms with van der Waals surface area (Å²) in [5, 5.41) is 12.0. The molecule has 3 amide bonds. The minimum Gasteiger partial charge on any atom is -0.394 e. The number of urea groups is 1. The van der Waals surface area contributed by atoms with Crippen LogP contribution in [-0.2, 0) is 11.2 Å². The monoisotopic (exact) mass is 554 g/mol. The van der Waals surface area contributed by atoms with Gasteiger partial charge in [-0.25, -0.2) is 9.59 Å². The summed E-state index contributed by atoms with van der Waals surface area (Å²) in [6, 6.07) is 9.33. The van der Waals surface area contributed by atoms with Gasteiger partial charge in [0.2, 0.25) is 5.91 Å². The Morgan fingerprint density at radius 3 is 2.35 bits per heavy atom. The smallest absolute Gasteiger partial charge is 0.354 e. The van der Waals surface area contributed by atoms with Gasteiger partial charge in [-0.15, -0.1) is 0 Å². The zero-order valence-electron chi connectivity index (χ0n) is 23.5. The van der Waals surface area contributed by atoms with Crippen molar-refractivity contribution in [2.24, 2.45) is 17.4 Å². The van der Waals surface area contributed by atoms with E-state index in [9.17, 15) is 19.5 Å². The highest BCUT2D eigenvalue weighted by Gasteiger charge is 2.34. The molecule has 2 aliphatic rings. The van der Waals surface area contributed by atoms with Crippen LogP contribution in [0.4, 0.5) is 10.6 Å². The van der Waals surface area contributed by atoms with Crippen LogP contribution in [-0.4, -0.2) is 105 Å². The molecule has 12 nitrogen and oxygen atoms in total. The number of anilines is 1. The van der Waals surface area contributed by atoms with E-state index in [2.05, 4.69) is 22.1 Å². The van der Waals surface area contributed by atoms with E-state index in [0.717, 1.165) is 38.9 Å². The van der Waals surface area contributed by atoms with Gasteiger partial charge in [0.05, 0.1) is 12.3 Å². The van der Waals surface area contributed by atoms with Crippen LogP contribution in [0, 0.1) is 5.92 Å². The quantitative estimate of drug-likeness (QED) is 0.378. The molecule has 0 saturated carbocycles. The number of benzene rings is 1. The first-order chi connectivity index (χ1) is 19.1. The molecule has 2 saturated heterocycles. The Kier molecular flexibility index (Phi) is 9.56. The molecule has 2 fully saturated rings. The van der Waals surface area contributed by atoms with Crippen molar-refractivity contribution in [2.75, 3.05) is 57.7 Å². The third-order valence-electron chi connectivity index (χ3n) is 8.05. The van der Waals surface area contributed by atoms with Crippen molar-refractivity contribution < 1.29 is 14.7 Å². The van der Waals surface area contributed by atoms with Crippen molar-refractivity contribution in [3.8, 4) is 5.69 Å². The van der Waals surface area contributed by atoms with E-state index in [1.807, 2.05) is 24.3 Å². The number of likely N-dealkylation sites (tertiary alicyclic amines) is 1. The van der Waals surface area contributed by atoms with Gasteiger partial charge in [0.15, 0.2) is 0 Å². The van der Waals surface area contributed by atoms with Gasteiger partial charge in [0, 0.05) is 45.0 Å². The average Bonchev–Trinajstić information content (AvgIpc) is 3.12. The number of hydrogen-bond acceptors (Lipinski definition) is 8. The topological polar surface area (TPSA) is 163 Å². The Balaban J connectivity index is 1.29. The van der Waals surface area contributed by atoms with Gasteiger partial charge in [-0.3, -0.25) is 14.7 Å². The summed E-state index contributed by atoms with van der Waals surface area (Å²) < 4.78 is 1.44. The van der Waals surface area contributed by atoms with Crippen molar-refractivity contribution in [1.29, 1.82) is 0 Å². The molecule has 0 aliphatic carbocycles. The summed E-state index contributed by atoms with van der Waals surface area (Å²) in [7, 11) is 0. The average molecular weight is 555 g/mol. The number of nitrogens with one attached hydrogen (secondary N) is 1. The Bertz CT molecular complexity index is 1210. The standard InChI is InChI=1S/C28H42N8O4/c1-20-7-11-33(13-9-23(20)29)12-8-21-3-5-22(6-4-21)36-14-10-24(32-27(36)40)31-26(39)35-17-15-34(16-18-35)25(38)28(2,30)19-37/h3-6,10,14,20,23,37H,7-9,11-13,15-19,29-30H2,1-2H3,(H,31,32,39,40)/t20-,23-,28-/m1/s1. The van der Waals surface area contributed by atoms with E-state index in [4.69, 9.17) is 11.5 Å². The fourth-order valence-electron chi connectivity index (χ4n) is 5.06. The molecular formula is C28H42N8O4. The van der Waals surface area contributed by atoms with Gasteiger partial charge >= 0.3 is 11.7 Å². The lowest BCUT2D eigenvalue weighted by molar-refractivity contribution is -0.139. The highest BCUT2D eigenvalue weighted by Crippen LogP contribution is 2.17. The van der Waals surface area contributed by atoms with Gasteiger partial charge < -0.3 is 31.3 Å². The third-order valence-corrected chi connectivity index (χ3v) is 8.05. The van der Waals surface area contributed by atoms with E-state index in [1.54, 1.807) is 17.2 Å². The maximum absolute atomic E-state index is 12.7. The van der Waals surface area contributed by atoms with Crippen LogP contribution in [0.1, 0.15) is 32.3 Å². The van der Waals surface area contributed by atoms with Crippen molar-refractivity contribution >= 4 is 17.8 Å². The second kappa shape index (κ2) is 12.9. The number of hydrogen-bond donors (Lipinski definition) is 4. The lowest BCUT2D eigenvalue weighted by atomic mass is 9.98. The van der Waals surface area contributed by atoms with Gasteiger partial charge in [-0.05, 0) is 69.0 Å². The molecule has 2 aliphatic heterocycles. The number of aromatic nitrogens is 2. The summed E-state index contributed by atoms with van der Waals surface area (Å²) >= 11 is 0. The summed E-state index contributed by atoms with van der Waals surface area (Å²) in [6.07, 6.45) is 4.68. The number of carbonyl (C=O) groups excluding carboxylic acids is 2. The van der Waals surface area contributed by atoms with Crippen LogP contribution >= 0.6 is 0 Å². The summed E-state index contributed by atoms with van der Waals surface area (Å²) in [6.45, 7) is 7.54. The molecule has 1 aromatic heterocycles. The van der Waals surface area contributed by atoms with Crippen LogP contribution in [0.25, 0.3) is 5.69 Å². The molecule has 3 heterocycles. The number of carbonyl (C=O) groups is 2. The number of aliphatic hydroxyl groups is 1. The predicted molar refractivity (Wildman–Crippen MR) is 153 cm³/mol. The Hall–Kier alpha value is -3.32. The summed E-state index contributed by atoms with van der Waals surface area (Å²) in [5.41, 5.74) is 12.1. The summed E-state index contributed by atoms with van der Waals surface area (Å²) in [4.78, 5) is 47.5. The zero-order valence-corrected chi connectivity index (χ0v) is 23.5. The largest absolute Gasteiger partial charge is 0.394 e. The highest BCUT2D eigenvalue weighted by molar-refractivity contribution is 5.89. The van der Waals surface area contributed by atoms with Crippen LogP contribution in [0.15, 0.2) is 41.3 Å². The van der Waals surface area contributed by atoms with E-state index in [0.29, 0.717) is 37.8 Å². The van der Waals surface area contributed by atoms with Crippen LogP contribution in [0.3, 0.4) is 0 Å². The minimum atomic E-state index is -1.35. The fourth-order valence-corrected chi connectivity index (χ4v) is 5.06. The first kappa shape index (κ1) is 29.7. The molecular weight excluding hydrogens is 512 g/mol. The van der Waals surface area contributed by atoms with Gasteiger partial charge in [-0.2, -0.15) is 4.98 Å². The molecule has 0 unspecified atom stereocenters. The molecule has 40 heavy (non-hydrogen) atoms. The highest BCUT2D eigenvalue weighted by atomic mass is 16.3. The second-order valence-electron chi connectivity index (χ2n) is 11.2. The molecule has 3 atom stereocenters. The zero-order chi connectivity index (χ0) is 28.9. The molecule has 0 bridgehead atoms. The molecule has 12 heteroatoms. The summed E-state index contributed by atoms with van der Waals surface area (Å²) in [5.74, 6) is 0.360. The van der Waals surface area contributed by atoms with Crippen LogP contribution in [0.2, 0.25) is 0 Å². The molecule has 0 spiro atoms. The normalized spacial score (nSPS) is 21.9. The third kappa shape index (κ3) is 7.25. The first-order valence-corrected chi connectivity index (χ1v) is 14.0. The van der Waals surface area contributed by atoms with Crippen molar-refractivity contribution in [3.05, 3.63) is 52.6 Å². The number of amides is 3. The van der Waals surface area contributed by atoms with Crippen molar-refractivity contribution in [2.45, 2.75) is 44.7 Å². The second-order valence-corrected chi connectivity index (χ2v) is 11.2. The van der Waals surface area contributed by atoms with Crippen molar-refractivity contribution in [1.82, 2.24) is 24.3 Å². The van der Waals surface area contributed by atoms with E-state index < -0.39 is 23.9 Å². The molecule has 6 N–H and O–H groups in total. The van der Waals surface area contributed by atoms with Gasteiger partial charge in [-0.1, -0.05) is 19.1 Å². The molecule has 0 radical (unpaired) electrons. The van der Waals surface area contributed by atoms with E-state index in [-0.39, 0.29) is 17.8 Å². The fraction of sp³-hybridized carbons (Fsp3) is 0.571. The number of nitrogens with zero attached hydrogens (tertiary/aromatic N) is 5. The molecule has 2 aromatic rings.